The highest BCUT2D eigenvalue weighted by Gasteiger charge is 2.19. The van der Waals surface area contributed by atoms with Gasteiger partial charge in [0, 0.05) is 31.9 Å². The zero-order chi connectivity index (χ0) is 14.5. The average molecular weight is 280 g/mol. The highest BCUT2D eigenvalue weighted by Crippen LogP contribution is 2.13. The van der Waals surface area contributed by atoms with Crippen LogP contribution < -0.4 is 0 Å². The van der Waals surface area contributed by atoms with E-state index in [9.17, 15) is 4.79 Å². The van der Waals surface area contributed by atoms with Crippen molar-refractivity contribution in [3.63, 3.8) is 0 Å². The molecule has 1 saturated heterocycles. The maximum atomic E-state index is 12.2. The fourth-order valence-corrected chi connectivity index (χ4v) is 2.44. The predicted molar refractivity (Wildman–Crippen MR) is 77.0 cm³/mol. The van der Waals surface area contributed by atoms with Crippen molar-refractivity contribution in [2.45, 2.75) is 32.9 Å². The van der Waals surface area contributed by atoms with Crippen LogP contribution in [0.1, 0.15) is 37.3 Å². The minimum Gasteiger partial charge on any atom is -0.457 e. The SMILES string of the molecule is CC(C)n1cccc1C(=O)O[C@H](C)CN1CCOCC1. The van der Waals surface area contributed by atoms with Gasteiger partial charge in [0.15, 0.2) is 0 Å². The fourth-order valence-electron chi connectivity index (χ4n) is 2.44. The number of rotatable bonds is 5. The smallest absolute Gasteiger partial charge is 0.355 e. The summed E-state index contributed by atoms with van der Waals surface area (Å²) in [7, 11) is 0. The molecule has 0 N–H and O–H groups in total. The zero-order valence-electron chi connectivity index (χ0n) is 12.5. The summed E-state index contributed by atoms with van der Waals surface area (Å²) in [6.45, 7) is 10.1. The molecule has 0 aliphatic carbocycles. The van der Waals surface area contributed by atoms with E-state index >= 15 is 0 Å². The van der Waals surface area contributed by atoms with Crippen molar-refractivity contribution in [3.05, 3.63) is 24.0 Å². The van der Waals surface area contributed by atoms with Crippen LogP contribution in [0.15, 0.2) is 18.3 Å². The van der Waals surface area contributed by atoms with Gasteiger partial charge in [-0.15, -0.1) is 0 Å². The van der Waals surface area contributed by atoms with Gasteiger partial charge in [-0.3, -0.25) is 4.90 Å². The van der Waals surface area contributed by atoms with Crippen LogP contribution in [0.5, 0.6) is 0 Å². The number of hydrogen-bond acceptors (Lipinski definition) is 4. The van der Waals surface area contributed by atoms with Gasteiger partial charge in [0.25, 0.3) is 0 Å². The Bertz CT molecular complexity index is 436. The number of nitrogens with zero attached hydrogens (tertiary/aromatic N) is 2. The molecule has 1 aromatic heterocycles. The number of carbonyl (C=O) groups excluding carboxylic acids is 1. The molecule has 2 heterocycles. The largest absolute Gasteiger partial charge is 0.457 e. The summed E-state index contributed by atoms with van der Waals surface area (Å²) in [4.78, 5) is 14.5. The number of hydrogen-bond donors (Lipinski definition) is 0. The molecule has 1 fully saturated rings. The number of esters is 1. The van der Waals surface area contributed by atoms with E-state index in [2.05, 4.69) is 4.90 Å². The predicted octanol–water partition coefficient (Wildman–Crippen LogP) is 1.95. The van der Waals surface area contributed by atoms with E-state index < -0.39 is 0 Å². The first-order valence-electron chi connectivity index (χ1n) is 7.26. The lowest BCUT2D eigenvalue weighted by Crippen LogP contribution is -2.41. The molecule has 0 aromatic carbocycles. The molecule has 5 nitrogen and oxygen atoms in total. The summed E-state index contributed by atoms with van der Waals surface area (Å²) in [6.07, 6.45) is 1.80. The first kappa shape index (κ1) is 15.1. The minimum atomic E-state index is -0.246. The molecule has 0 spiro atoms. The molecule has 20 heavy (non-hydrogen) atoms. The van der Waals surface area contributed by atoms with E-state index in [0.717, 1.165) is 32.8 Å². The van der Waals surface area contributed by atoms with Crippen molar-refractivity contribution in [1.29, 1.82) is 0 Å². The normalized spacial score (nSPS) is 18.2. The van der Waals surface area contributed by atoms with Crippen molar-refractivity contribution in [1.82, 2.24) is 9.47 Å². The summed E-state index contributed by atoms with van der Waals surface area (Å²) in [5.74, 6) is -0.246. The summed E-state index contributed by atoms with van der Waals surface area (Å²) >= 11 is 0. The van der Waals surface area contributed by atoms with Gasteiger partial charge in [-0.25, -0.2) is 4.79 Å². The molecule has 2 rings (SSSR count). The average Bonchev–Trinajstić information content (AvgIpc) is 2.89. The van der Waals surface area contributed by atoms with Crippen LogP contribution in [0.3, 0.4) is 0 Å². The topological polar surface area (TPSA) is 43.7 Å². The summed E-state index contributed by atoms with van der Waals surface area (Å²) in [6, 6.07) is 3.94. The number of aromatic nitrogens is 1. The molecular formula is C15H24N2O3. The molecule has 1 aliphatic rings. The molecule has 0 bridgehead atoms. The molecule has 1 atom stereocenters. The van der Waals surface area contributed by atoms with Gasteiger partial charge >= 0.3 is 5.97 Å². The lowest BCUT2D eigenvalue weighted by molar-refractivity contribution is -0.000210. The Labute approximate surface area is 120 Å². The Morgan fingerprint density at radius 3 is 2.70 bits per heavy atom. The minimum absolute atomic E-state index is 0.115. The number of ether oxygens (including phenoxy) is 2. The van der Waals surface area contributed by atoms with E-state index in [4.69, 9.17) is 9.47 Å². The first-order chi connectivity index (χ1) is 9.58. The van der Waals surface area contributed by atoms with Crippen LogP contribution in [-0.2, 0) is 9.47 Å². The lowest BCUT2D eigenvalue weighted by atomic mass is 10.3. The molecule has 1 aromatic rings. The Kier molecular flexibility index (Phi) is 5.20. The molecule has 0 amide bonds. The monoisotopic (exact) mass is 280 g/mol. The van der Waals surface area contributed by atoms with E-state index in [0.29, 0.717) is 5.69 Å². The molecule has 5 heteroatoms. The summed E-state index contributed by atoms with van der Waals surface area (Å²) in [5.41, 5.74) is 0.619. The lowest BCUT2D eigenvalue weighted by Gasteiger charge is -2.28. The molecule has 1 aliphatic heterocycles. The van der Waals surface area contributed by atoms with Crippen molar-refractivity contribution >= 4 is 5.97 Å². The maximum absolute atomic E-state index is 12.2. The van der Waals surface area contributed by atoms with Crippen molar-refractivity contribution in [3.8, 4) is 0 Å². The summed E-state index contributed by atoms with van der Waals surface area (Å²) in [5, 5.41) is 0. The van der Waals surface area contributed by atoms with Crippen molar-refractivity contribution in [2.75, 3.05) is 32.8 Å². The van der Waals surface area contributed by atoms with Crippen LogP contribution in [0, 0.1) is 0 Å². The highest BCUT2D eigenvalue weighted by molar-refractivity contribution is 5.87. The van der Waals surface area contributed by atoms with Gasteiger partial charge in [-0.1, -0.05) is 0 Å². The highest BCUT2D eigenvalue weighted by atomic mass is 16.5. The van der Waals surface area contributed by atoms with Gasteiger partial charge < -0.3 is 14.0 Å². The number of carbonyl (C=O) groups is 1. The second-order valence-corrected chi connectivity index (χ2v) is 5.52. The van der Waals surface area contributed by atoms with Gasteiger partial charge in [-0.2, -0.15) is 0 Å². The second kappa shape index (κ2) is 6.90. The third-order valence-electron chi connectivity index (χ3n) is 3.47. The van der Waals surface area contributed by atoms with Gasteiger partial charge in [0.05, 0.1) is 13.2 Å². The molecule has 0 radical (unpaired) electrons. The van der Waals surface area contributed by atoms with Crippen LogP contribution in [0.25, 0.3) is 0 Å². The van der Waals surface area contributed by atoms with Crippen molar-refractivity contribution in [2.24, 2.45) is 0 Å². The third-order valence-corrected chi connectivity index (χ3v) is 3.47. The third kappa shape index (κ3) is 3.84. The maximum Gasteiger partial charge on any atom is 0.355 e. The van der Waals surface area contributed by atoms with Crippen LogP contribution >= 0.6 is 0 Å². The van der Waals surface area contributed by atoms with Gasteiger partial charge in [-0.05, 0) is 32.9 Å². The molecular weight excluding hydrogens is 256 g/mol. The summed E-state index contributed by atoms with van der Waals surface area (Å²) < 4.78 is 12.8. The van der Waals surface area contributed by atoms with Gasteiger partial charge in [0.1, 0.15) is 11.8 Å². The first-order valence-corrected chi connectivity index (χ1v) is 7.26. The Morgan fingerprint density at radius 1 is 1.35 bits per heavy atom. The number of morpholine rings is 1. The van der Waals surface area contributed by atoms with E-state index in [1.807, 2.05) is 43.7 Å². The van der Waals surface area contributed by atoms with E-state index in [1.54, 1.807) is 0 Å². The molecule has 0 saturated carbocycles. The Morgan fingerprint density at radius 2 is 2.05 bits per heavy atom. The standard InChI is InChI=1S/C15H24N2O3/c1-12(2)17-6-4-5-14(17)15(18)20-13(3)11-16-7-9-19-10-8-16/h4-6,12-13H,7-11H2,1-3H3/t13-/m1/s1. The van der Waals surface area contributed by atoms with E-state index in [-0.39, 0.29) is 18.1 Å². The van der Waals surface area contributed by atoms with Crippen LogP contribution in [-0.4, -0.2) is 54.4 Å². The second-order valence-electron chi connectivity index (χ2n) is 5.52. The van der Waals surface area contributed by atoms with Crippen LogP contribution in [0.4, 0.5) is 0 Å². The quantitative estimate of drug-likeness (QED) is 0.773. The Hall–Kier alpha value is -1.33. The fraction of sp³-hybridized carbons (Fsp3) is 0.667. The zero-order valence-corrected chi connectivity index (χ0v) is 12.5. The van der Waals surface area contributed by atoms with Crippen molar-refractivity contribution < 1.29 is 14.3 Å². The molecule has 112 valence electrons. The van der Waals surface area contributed by atoms with Crippen LogP contribution in [0.2, 0.25) is 0 Å². The van der Waals surface area contributed by atoms with Gasteiger partial charge in [0.2, 0.25) is 0 Å². The Balaban J connectivity index is 1.88. The van der Waals surface area contributed by atoms with E-state index in [1.165, 1.54) is 0 Å². The molecule has 0 unspecified atom stereocenters.